The molecule has 6 nitrogen and oxygen atoms in total. The first-order chi connectivity index (χ1) is 36.5. The summed E-state index contributed by atoms with van der Waals surface area (Å²) in [6.07, 6.45) is 83.7. The predicted molar refractivity (Wildman–Crippen MR) is 320 cm³/mol. The Morgan fingerprint density at radius 1 is 0.284 bits per heavy atom. The molecular weight excluding hydrogens is 913 g/mol. The van der Waals surface area contributed by atoms with Gasteiger partial charge in [-0.15, -0.1) is 0 Å². The van der Waals surface area contributed by atoms with E-state index in [1.54, 1.807) is 0 Å². The number of allylic oxidation sites excluding steroid dienone is 18. The zero-order valence-corrected chi connectivity index (χ0v) is 48.3. The minimum absolute atomic E-state index is 0.0926. The van der Waals surface area contributed by atoms with Gasteiger partial charge in [0, 0.05) is 19.3 Å². The van der Waals surface area contributed by atoms with Gasteiger partial charge in [0.05, 0.1) is 0 Å². The molecule has 0 fully saturated rings. The van der Waals surface area contributed by atoms with Gasteiger partial charge < -0.3 is 14.2 Å². The lowest BCUT2D eigenvalue weighted by atomic mass is 10.1. The summed E-state index contributed by atoms with van der Waals surface area (Å²) in [4.78, 5) is 38.2. The number of hydrogen-bond donors (Lipinski definition) is 0. The summed E-state index contributed by atoms with van der Waals surface area (Å²) < 4.78 is 16.9. The van der Waals surface area contributed by atoms with Crippen molar-refractivity contribution < 1.29 is 28.6 Å². The van der Waals surface area contributed by atoms with Crippen LogP contribution in [0.1, 0.15) is 284 Å². The first kappa shape index (κ1) is 70.1. The normalized spacial score (nSPS) is 12.9. The minimum Gasteiger partial charge on any atom is -0.462 e. The lowest BCUT2D eigenvalue weighted by Crippen LogP contribution is -2.30. The third-order valence-corrected chi connectivity index (χ3v) is 13.0. The largest absolute Gasteiger partial charge is 0.462 e. The third kappa shape index (κ3) is 59.0. The van der Waals surface area contributed by atoms with Crippen LogP contribution in [0.3, 0.4) is 0 Å². The molecule has 0 N–H and O–H groups in total. The maximum atomic E-state index is 12.9. The van der Waals surface area contributed by atoms with E-state index >= 15 is 0 Å². The maximum absolute atomic E-state index is 12.9. The smallest absolute Gasteiger partial charge is 0.306 e. The van der Waals surface area contributed by atoms with E-state index in [0.717, 1.165) is 141 Å². The van der Waals surface area contributed by atoms with Gasteiger partial charge in [0.15, 0.2) is 6.10 Å². The van der Waals surface area contributed by atoms with Gasteiger partial charge in [-0.05, 0) is 122 Å². The number of hydrogen-bond acceptors (Lipinski definition) is 6. The molecule has 0 aromatic heterocycles. The third-order valence-electron chi connectivity index (χ3n) is 13.0. The number of rotatable bonds is 55. The Balaban J connectivity index is 4.39. The summed E-state index contributed by atoms with van der Waals surface area (Å²) in [6.45, 7) is 6.44. The molecule has 0 aromatic rings. The molecule has 0 spiro atoms. The van der Waals surface area contributed by atoms with Gasteiger partial charge in [0.2, 0.25) is 0 Å². The van der Waals surface area contributed by atoms with Crippen molar-refractivity contribution >= 4 is 17.9 Å². The van der Waals surface area contributed by atoms with E-state index in [9.17, 15) is 14.4 Å². The quantitative estimate of drug-likeness (QED) is 0.0261. The van der Waals surface area contributed by atoms with Crippen LogP contribution in [-0.2, 0) is 28.6 Å². The summed E-state index contributed by atoms with van der Waals surface area (Å²) >= 11 is 0. The first-order valence-electron chi connectivity index (χ1n) is 30.9. The highest BCUT2D eigenvalue weighted by Crippen LogP contribution is 2.15. The number of esters is 3. The van der Waals surface area contributed by atoms with Crippen molar-refractivity contribution in [3.8, 4) is 0 Å². The fraction of sp³-hybridized carbons (Fsp3) is 0.691. The highest BCUT2D eigenvalue weighted by atomic mass is 16.6. The standard InChI is InChI=1S/C68H114O6/c1-4-7-10-13-16-19-22-25-27-29-31-32-33-34-35-36-37-39-40-43-46-49-52-55-58-61-67(70)73-64-65(63-72-66(69)60-57-54-51-48-45-42-24-21-18-15-12-9-6-3)74-68(71)62-59-56-53-50-47-44-41-38-30-28-26-23-20-17-14-11-8-5-2/h7,10,12,15-16,19,21,24-25,27-28,30-32,34-35,37,39,65H,4-6,8-9,11,13-14,17-18,20,22-23,26,29,33,36,38,40-64H2,1-3H3/b10-7-,15-12-,19-16-,24-21-,27-25-,30-28-,32-31-,35-34-,39-37-. The fourth-order valence-electron chi connectivity index (χ4n) is 8.36. The number of carbonyl (C=O) groups is 3. The van der Waals surface area contributed by atoms with Gasteiger partial charge >= 0.3 is 17.9 Å². The van der Waals surface area contributed by atoms with E-state index in [1.807, 2.05) is 0 Å². The second-order valence-corrected chi connectivity index (χ2v) is 20.2. The van der Waals surface area contributed by atoms with Crippen LogP contribution in [-0.4, -0.2) is 37.2 Å². The molecule has 0 bridgehead atoms. The van der Waals surface area contributed by atoms with Crippen molar-refractivity contribution in [2.24, 2.45) is 0 Å². The summed E-state index contributed by atoms with van der Waals surface area (Å²) in [5.41, 5.74) is 0. The molecule has 6 heteroatoms. The molecule has 422 valence electrons. The Morgan fingerprint density at radius 3 is 0.892 bits per heavy atom. The predicted octanol–water partition coefficient (Wildman–Crippen LogP) is 21.0. The SMILES string of the molecule is CC/C=C\C/C=C\C/C=C\C/C=C\C/C=C\C/C=C\CCCCCCCCC(=O)OCC(COC(=O)CCCCCCC/C=C\C/C=C\CCC)OC(=O)CCCCCCCCC/C=C\CCCCCCCCC. The zero-order chi connectivity index (χ0) is 53.6. The molecule has 0 amide bonds. The Kier molecular flexibility index (Phi) is 58.3. The summed E-state index contributed by atoms with van der Waals surface area (Å²) in [6, 6.07) is 0. The second-order valence-electron chi connectivity index (χ2n) is 20.2. The van der Waals surface area contributed by atoms with E-state index in [1.165, 1.54) is 103 Å². The molecular formula is C68H114O6. The van der Waals surface area contributed by atoms with E-state index in [0.29, 0.717) is 19.3 Å². The molecule has 0 rings (SSSR count). The van der Waals surface area contributed by atoms with Crippen molar-refractivity contribution in [2.45, 2.75) is 290 Å². The molecule has 0 aliphatic heterocycles. The molecule has 74 heavy (non-hydrogen) atoms. The fourth-order valence-corrected chi connectivity index (χ4v) is 8.36. The highest BCUT2D eigenvalue weighted by Gasteiger charge is 2.19. The minimum atomic E-state index is -0.795. The molecule has 0 aromatic carbocycles. The number of carbonyl (C=O) groups excluding carboxylic acids is 3. The van der Waals surface area contributed by atoms with Gasteiger partial charge in [-0.25, -0.2) is 0 Å². The highest BCUT2D eigenvalue weighted by molar-refractivity contribution is 5.71. The van der Waals surface area contributed by atoms with Gasteiger partial charge in [-0.2, -0.15) is 0 Å². The Bertz CT molecular complexity index is 1510. The molecule has 0 saturated heterocycles. The molecule has 1 atom stereocenters. The van der Waals surface area contributed by atoms with Crippen LogP contribution in [0.25, 0.3) is 0 Å². The van der Waals surface area contributed by atoms with Crippen LogP contribution >= 0.6 is 0 Å². The molecule has 0 heterocycles. The molecule has 0 radical (unpaired) electrons. The van der Waals surface area contributed by atoms with Crippen molar-refractivity contribution in [2.75, 3.05) is 13.2 Å². The van der Waals surface area contributed by atoms with Crippen molar-refractivity contribution in [3.05, 3.63) is 109 Å². The van der Waals surface area contributed by atoms with E-state index in [2.05, 4.69) is 130 Å². The molecule has 0 aliphatic carbocycles. The average Bonchev–Trinajstić information content (AvgIpc) is 3.40. The Morgan fingerprint density at radius 2 is 0.554 bits per heavy atom. The van der Waals surface area contributed by atoms with E-state index in [-0.39, 0.29) is 31.1 Å². The Labute approximate surface area is 457 Å². The Hall–Kier alpha value is -3.93. The molecule has 1 unspecified atom stereocenters. The van der Waals surface area contributed by atoms with Crippen LogP contribution in [0.15, 0.2) is 109 Å². The average molecular weight is 1030 g/mol. The van der Waals surface area contributed by atoms with Gasteiger partial charge in [0.25, 0.3) is 0 Å². The van der Waals surface area contributed by atoms with Crippen LogP contribution in [0.2, 0.25) is 0 Å². The van der Waals surface area contributed by atoms with Gasteiger partial charge in [-0.1, -0.05) is 252 Å². The lowest BCUT2D eigenvalue weighted by molar-refractivity contribution is -0.167. The summed E-state index contributed by atoms with van der Waals surface area (Å²) in [5.74, 6) is -0.920. The number of ether oxygens (including phenoxy) is 3. The molecule has 0 saturated carbocycles. The van der Waals surface area contributed by atoms with Crippen molar-refractivity contribution in [1.29, 1.82) is 0 Å². The van der Waals surface area contributed by atoms with Crippen LogP contribution < -0.4 is 0 Å². The maximum Gasteiger partial charge on any atom is 0.306 e. The van der Waals surface area contributed by atoms with E-state index in [4.69, 9.17) is 14.2 Å². The number of unbranched alkanes of at least 4 members (excludes halogenated alkanes) is 26. The lowest BCUT2D eigenvalue weighted by Gasteiger charge is -2.18. The summed E-state index contributed by atoms with van der Waals surface area (Å²) in [7, 11) is 0. The topological polar surface area (TPSA) is 78.9 Å². The van der Waals surface area contributed by atoms with Gasteiger partial charge in [0.1, 0.15) is 13.2 Å². The van der Waals surface area contributed by atoms with Crippen molar-refractivity contribution in [1.82, 2.24) is 0 Å². The summed E-state index contributed by atoms with van der Waals surface area (Å²) in [5, 5.41) is 0. The monoisotopic (exact) mass is 1030 g/mol. The zero-order valence-electron chi connectivity index (χ0n) is 48.3. The van der Waals surface area contributed by atoms with Crippen LogP contribution in [0.4, 0.5) is 0 Å². The van der Waals surface area contributed by atoms with Crippen molar-refractivity contribution in [3.63, 3.8) is 0 Å². The second kappa shape index (κ2) is 61.6. The van der Waals surface area contributed by atoms with Gasteiger partial charge in [-0.3, -0.25) is 14.4 Å². The van der Waals surface area contributed by atoms with E-state index < -0.39 is 6.10 Å². The molecule has 0 aliphatic rings. The first-order valence-corrected chi connectivity index (χ1v) is 30.9. The van der Waals surface area contributed by atoms with Crippen LogP contribution in [0, 0.1) is 0 Å². The van der Waals surface area contributed by atoms with Crippen LogP contribution in [0.5, 0.6) is 0 Å².